The summed E-state index contributed by atoms with van der Waals surface area (Å²) in [7, 11) is 0. The van der Waals surface area contributed by atoms with Crippen LogP contribution in [0.2, 0.25) is 0 Å². The number of Topliss-reactive ketones (excluding diaryl/α,β-unsaturated/α-hetero) is 1. The molecule has 0 bridgehead atoms. The zero-order valence-electron chi connectivity index (χ0n) is 11.9. The summed E-state index contributed by atoms with van der Waals surface area (Å²) in [6, 6.07) is 2.52. The molecule has 2 aliphatic carbocycles. The number of aromatic nitrogens is 1. The number of aliphatic hydroxyl groups is 1. The van der Waals surface area contributed by atoms with E-state index in [1.807, 2.05) is 0 Å². The fourth-order valence-electron chi connectivity index (χ4n) is 3.03. The number of urea groups is 1. The monoisotopic (exact) mass is 300 g/mol. The number of pyridine rings is 1. The Hall–Kier alpha value is -2.57. The molecule has 0 aliphatic heterocycles. The first-order valence-electron chi connectivity index (χ1n) is 7.27. The Kier molecular flexibility index (Phi) is 3.95. The molecule has 0 radical (unpaired) electrons. The fourth-order valence-corrected chi connectivity index (χ4v) is 3.03. The van der Waals surface area contributed by atoms with Gasteiger partial charge in [0, 0.05) is 29.9 Å². The minimum absolute atomic E-state index is 0.0184. The highest BCUT2D eigenvalue weighted by Crippen LogP contribution is 2.42. The highest BCUT2D eigenvalue weighted by atomic mass is 16.3. The second-order valence-electron chi connectivity index (χ2n) is 5.46. The largest absolute Gasteiger partial charge is 0.510 e. The fraction of sp³-hybridized carbons (Fsp3) is 0.400. The van der Waals surface area contributed by atoms with Crippen LogP contribution in [0.15, 0.2) is 46.2 Å². The number of hydrogen-bond donors (Lipinski definition) is 2. The maximum atomic E-state index is 12.2. The predicted molar refractivity (Wildman–Crippen MR) is 78.2 cm³/mol. The van der Waals surface area contributed by atoms with Crippen LogP contribution >= 0.6 is 0 Å². The lowest BCUT2D eigenvalue weighted by Crippen LogP contribution is -2.21. The second kappa shape index (κ2) is 6.05. The van der Waals surface area contributed by atoms with Crippen molar-refractivity contribution in [2.45, 2.75) is 25.7 Å². The molecule has 3 rings (SSSR count). The van der Waals surface area contributed by atoms with Crippen molar-refractivity contribution in [2.24, 2.45) is 22.1 Å². The van der Waals surface area contributed by atoms with Gasteiger partial charge in [-0.2, -0.15) is 0 Å². The molecule has 0 saturated heterocycles. The lowest BCUT2D eigenvalue weighted by atomic mass is 9.80. The SMILES string of the molecule is O=C(N=NC1=C(O)C2CCCCC2C1=O)Nc1ccncc1. The molecule has 2 aliphatic rings. The van der Waals surface area contributed by atoms with Crippen LogP contribution in [0.25, 0.3) is 0 Å². The smallest absolute Gasteiger partial charge is 0.364 e. The van der Waals surface area contributed by atoms with Gasteiger partial charge in [-0.15, -0.1) is 5.11 Å². The Morgan fingerprint density at radius 2 is 1.91 bits per heavy atom. The number of nitrogens with zero attached hydrogens (tertiary/aromatic N) is 3. The number of anilines is 1. The Bertz CT molecular complexity index is 654. The average molecular weight is 300 g/mol. The zero-order chi connectivity index (χ0) is 15.5. The number of amides is 2. The summed E-state index contributed by atoms with van der Waals surface area (Å²) in [5, 5.41) is 19.8. The normalized spacial score (nSPS) is 24.6. The van der Waals surface area contributed by atoms with Crippen molar-refractivity contribution in [3.05, 3.63) is 36.0 Å². The van der Waals surface area contributed by atoms with Crippen molar-refractivity contribution in [1.82, 2.24) is 4.98 Å². The van der Waals surface area contributed by atoms with E-state index < -0.39 is 6.03 Å². The molecule has 1 heterocycles. The molecular weight excluding hydrogens is 284 g/mol. The Morgan fingerprint density at radius 1 is 1.23 bits per heavy atom. The number of carbonyl (C=O) groups is 2. The van der Waals surface area contributed by atoms with E-state index in [1.165, 1.54) is 12.4 Å². The quantitative estimate of drug-likeness (QED) is 0.818. The van der Waals surface area contributed by atoms with Gasteiger partial charge < -0.3 is 10.4 Å². The van der Waals surface area contributed by atoms with E-state index in [9.17, 15) is 14.7 Å². The van der Waals surface area contributed by atoms with Crippen molar-refractivity contribution in [1.29, 1.82) is 0 Å². The van der Waals surface area contributed by atoms with Gasteiger partial charge in [0.25, 0.3) is 0 Å². The van der Waals surface area contributed by atoms with Gasteiger partial charge in [-0.1, -0.05) is 18.0 Å². The van der Waals surface area contributed by atoms with E-state index in [0.29, 0.717) is 5.69 Å². The second-order valence-corrected chi connectivity index (χ2v) is 5.46. The number of rotatable bonds is 2. The summed E-state index contributed by atoms with van der Waals surface area (Å²) in [6.07, 6.45) is 6.58. The van der Waals surface area contributed by atoms with Gasteiger partial charge in [-0.05, 0) is 25.0 Å². The van der Waals surface area contributed by atoms with Gasteiger partial charge in [0.1, 0.15) is 5.76 Å². The number of ketones is 1. The van der Waals surface area contributed by atoms with E-state index in [2.05, 4.69) is 20.5 Å². The number of carbonyl (C=O) groups excluding carboxylic acids is 2. The minimum Gasteiger partial charge on any atom is -0.510 e. The molecule has 2 amide bonds. The third kappa shape index (κ3) is 2.74. The van der Waals surface area contributed by atoms with E-state index in [1.54, 1.807) is 12.1 Å². The summed E-state index contributed by atoms with van der Waals surface area (Å²) >= 11 is 0. The molecular formula is C15H16N4O3. The van der Waals surface area contributed by atoms with Crippen molar-refractivity contribution >= 4 is 17.5 Å². The topological polar surface area (TPSA) is 104 Å². The molecule has 1 aromatic rings. The highest BCUT2D eigenvalue weighted by molar-refractivity contribution is 6.00. The lowest BCUT2D eigenvalue weighted by molar-refractivity contribution is -0.120. The Balaban J connectivity index is 1.70. The number of azo groups is 1. The summed E-state index contributed by atoms with van der Waals surface area (Å²) in [6.45, 7) is 0. The maximum Gasteiger partial charge on any atom is 0.364 e. The maximum absolute atomic E-state index is 12.2. The van der Waals surface area contributed by atoms with E-state index in [-0.39, 0.29) is 29.1 Å². The molecule has 22 heavy (non-hydrogen) atoms. The van der Waals surface area contributed by atoms with Crippen molar-refractivity contribution < 1.29 is 14.7 Å². The first-order valence-corrected chi connectivity index (χ1v) is 7.27. The van der Waals surface area contributed by atoms with Crippen LogP contribution in [-0.2, 0) is 4.79 Å². The zero-order valence-corrected chi connectivity index (χ0v) is 11.9. The molecule has 2 atom stereocenters. The molecule has 1 saturated carbocycles. The minimum atomic E-state index is -0.700. The van der Waals surface area contributed by atoms with Crippen LogP contribution in [0.4, 0.5) is 10.5 Å². The standard InChI is InChI=1S/C15H16N4O3/c20-13-10-3-1-2-4-11(10)14(21)12(13)18-19-15(22)17-9-5-7-16-8-6-9/h5-8,10-11,20H,1-4H2,(H,16,17,22). The van der Waals surface area contributed by atoms with E-state index in [0.717, 1.165) is 25.7 Å². The van der Waals surface area contributed by atoms with Crippen LogP contribution < -0.4 is 5.32 Å². The van der Waals surface area contributed by atoms with Crippen molar-refractivity contribution in [2.75, 3.05) is 5.32 Å². The summed E-state index contributed by atoms with van der Waals surface area (Å²) in [5.41, 5.74) is 0.463. The van der Waals surface area contributed by atoms with Gasteiger partial charge in [0.15, 0.2) is 11.5 Å². The molecule has 2 unspecified atom stereocenters. The number of allylic oxidation sites excluding steroid dienone is 2. The molecule has 0 aromatic carbocycles. The molecule has 1 aromatic heterocycles. The lowest BCUT2D eigenvalue weighted by Gasteiger charge is -2.23. The molecule has 7 heteroatoms. The number of nitrogens with one attached hydrogen (secondary N) is 1. The number of aliphatic hydroxyl groups excluding tert-OH is 1. The van der Waals surface area contributed by atoms with Crippen LogP contribution in [0, 0.1) is 11.8 Å². The average Bonchev–Trinajstić information content (AvgIpc) is 2.78. The van der Waals surface area contributed by atoms with Gasteiger partial charge in [0.2, 0.25) is 0 Å². The van der Waals surface area contributed by atoms with Crippen molar-refractivity contribution in [3.8, 4) is 0 Å². The summed E-state index contributed by atoms with van der Waals surface area (Å²) in [5.74, 6) is -0.581. The van der Waals surface area contributed by atoms with Crippen LogP contribution in [-0.4, -0.2) is 21.9 Å². The third-order valence-corrected chi connectivity index (χ3v) is 4.10. The molecule has 1 fully saturated rings. The van der Waals surface area contributed by atoms with Crippen LogP contribution in [0.1, 0.15) is 25.7 Å². The molecule has 2 N–H and O–H groups in total. The number of fused-ring (bicyclic) bond motifs is 1. The third-order valence-electron chi connectivity index (χ3n) is 4.10. The Labute approximate surface area is 127 Å². The van der Waals surface area contributed by atoms with Crippen LogP contribution in [0.5, 0.6) is 0 Å². The van der Waals surface area contributed by atoms with Crippen LogP contribution in [0.3, 0.4) is 0 Å². The predicted octanol–water partition coefficient (Wildman–Crippen LogP) is 3.22. The number of hydrogen-bond acceptors (Lipinski definition) is 5. The van der Waals surface area contributed by atoms with Gasteiger partial charge in [-0.25, -0.2) is 4.79 Å². The molecule has 7 nitrogen and oxygen atoms in total. The summed E-state index contributed by atoms with van der Waals surface area (Å²) in [4.78, 5) is 27.7. The molecule has 0 spiro atoms. The van der Waals surface area contributed by atoms with Gasteiger partial charge >= 0.3 is 6.03 Å². The van der Waals surface area contributed by atoms with Gasteiger partial charge in [-0.3, -0.25) is 9.78 Å². The first-order chi connectivity index (χ1) is 10.7. The molecule has 114 valence electrons. The van der Waals surface area contributed by atoms with Crippen molar-refractivity contribution in [3.63, 3.8) is 0 Å². The first kappa shape index (κ1) is 14.4. The van der Waals surface area contributed by atoms with Gasteiger partial charge in [0.05, 0.1) is 0 Å². The highest BCUT2D eigenvalue weighted by Gasteiger charge is 2.43. The van der Waals surface area contributed by atoms with E-state index >= 15 is 0 Å². The Morgan fingerprint density at radius 3 is 2.59 bits per heavy atom. The summed E-state index contributed by atoms with van der Waals surface area (Å²) < 4.78 is 0. The van der Waals surface area contributed by atoms with E-state index in [4.69, 9.17) is 0 Å².